The maximum Gasteiger partial charge on any atom is 0.306 e. The standard InChI is InChI=1S/C13H17ClO2/c1-3-16-13(15)9-10(2)8-11-4-6-12(14)7-5-11/h4-7,10H,3,8-9H2,1-2H3/t10-/m0/s1. The molecule has 0 radical (unpaired) electrons. The Hall–Kier alpha value is -1.02. The van der Waals surface area contributed by atoms with Crippen molar-refractivity contribution < 1.29 is 9.53 Å². The third kappa shape index (κ3) is 4.67. The van der Waals surface area contributed by atoms with E-state index in [1.807, 2.05) is 38.1 Å². The maximum atomic E-state index is 11.3. The highest BCUT2D eigenvalue weighted by atomic mass is 35.5. The Labute approximate surface area is 102 Å². The molecule has 0 aliphatic heterocycles. The average Bonchev–Trinajstić information content (AvgIpc) is 2.21. The van der Waals surface area contributed by atoms with Crippen LogP contribution in [0.1, 0.15) is 25.8 Å². The van der Waals surface area contributed by atoms with Gasteiger partial charge >= 0.3 is 5.97 Å². The predicted octanol–water partition coefficient (Wildman–Crippen LogP) is 3.47. The molecule has 0 saturated carbocycles. The second-order valence-corrected chi connectivity index (χ2v) is 4.38. The molecular weight excluding hydrogens is 224 g/mol. The van der Waals surface area contributed by atoms with E-state index in [-0.39, 0.29) is 5.97 Å². The lowest BCUT2D eigenvalue weighted by atomic mass is 9.98. The first-order valence-electron chi connectivity index (χ1n) is 5.52. The number of benzene rings is 1. The number of ether oxygens (including phenoxy) is 1. The summed E-state index contributed by atoms with van der Waals surface area (Å²) in [5.74, 6) is 0.171. The van der Waals surface area contributed by atoms with Crippen molar-refractivity contribution in [2.75, 3.05) is 6.61 Å². The fourth-order valence-electron chi connectivity index (χ4n) is 1.60. The summed E-state index contributed by atoms with van der Waals surface area (Å²) >= 11 is 5.80. The minimum absolute atomic E-state index is 0.121. The summed E-state index contributed by atoms with van der Waals surface area (Å²) in [6.07, 6.45) is 1.34. The van der Waals surface area contributed by atoms with Crippen LogP contribution in [-0.2, 0) is 16.0 Å². The van der Waals surface area contributed by atoms with E-state index in [0.717, 1.165) is 11.4 Å². The van der Waals surface area contributed by atoms with E-state index in [9.17, 15) is 4.79 Å². The molecule has 0 saturated heterocycles. The van der Waals surface area contributed by atoms with Crippen LogP contribution in [0.3, 0.4) is 0 Å². The zero-order valence-electron chi connectivity index (χ0n) is 9.70. The van der Waals surface area contributed by atoms with Gasteiger partial charge in [-0.05, 0) is 37.0 Å². The van der Waals surface area contributed by atoms with Crippen LogP contribution in [0, 0.1) is 5.92 Å². The monoisotopic (exact) mass is 240 g/mol. The number of halogens is 1. The van der Waals surface area contributed by atoms with Gasteiger partial charge in [0.2, 0.25) is 0 Å². The summed E-state index contributed by atoms with van der Waals surface area (Å²) in [5, 5.41) is 0.738. The van der Waals surface area contributed by atoms with Gasteiger partial charge < -0.3 is 4.74 Å². The van der Waals surface area contributed by atoms with Crippen LogP contribution in [-0.4, -0.2) is 12.6 Å². The molecule has 0 unspecified atom stereocenters. The molecule has 0 heterocycles. The van der Waals surface area contributed by atoms with Crippen LogP contribution in [0.15, 0.2) is 24.3 Å². The molecule has 3 heteroatoms. The van der Waals surface area contributed by atoms with Crippen molar-refractivity contribution in [1.29, 1.82) is 0 Å². The van der Waals surface area contributed by atoms with Crippen molar-refractivity contribution in [2.45, 2.75) is 26.7 Å². The van der Waals surface area contributed by atoms with Gasteiger partial charge in [0.15, 0.2) is 0 Å². The molecule has 1 aromatic rings. The molecule has 2 nitrogen and oxygen atoms in total. The number of carbonyl (C=O) groups is 1. The Morgan fingerprint density at radius 2 is 2.00 bits per heavy atom. The molecule has 0 aromatic heterocycles. The maximum absolute atomic E-state index is 11.3. The average molecular weight is 241 g/mol. The molecular formula is C13H17ClO2. The van der Waals surface area contributed by atoms with Gasteiger partial charge in [-0.15, -0.1) is 0 Å². The summed E-state index contributed by atoms with van der Waals surface area (Å²) in [4.78, 5) is 11.3. The van der Waals surface area contributed by atoms with Gasteiger partial charge in [-0.2, -0.15) is 0 Å². The molecule has 1 rings (SSSR count). The summed E-state index contributed by atoms with van der Waals surface area (Å²) in [5.41, 5.74) is 1.20. The van der Waals surface area contributed by atoms with E-state index in [1.54, 1.807) is 0 Å². The number of hydrogen-bond donors (Lipinski definition) is 0. The van der Waals surface area contributed by atoms with Crippen molar-refractivity contribution in [2.24, 2.45) is 5.92 Å². The van der Waals surface area contributed by atoms with Crippen LogP contribution < -0.4 is 0 Å². The normalized spacial score (nSPS) is 12.2. The van der Waals surface area contributed by atoms with Gasteiger partial charge in [-0.25, -0.2) is 0 Å². The van der Waals surface area contributed by atoms with Crippen LogP contribution in [0.4, 0.5) is 0 Å². The predicted molar refractivity (Wildman–Crippen MR) is 65.6 cm³/mol. The third-order valence-electron chi connectivity index (χ3n) is 2.32. The topological polar surface area (TPSA) is 26.3 Å². The largest absolute Gasteiger partial charge is 0.466 e. The van der Waals surface area contributed by atoms with Crippen LogP contribution >= 0.6 is 11.6 Å². The lowest BCUT2D eigenvalue weighted by molar-refractivity contribution is -0.144. The van der Waals surface area contributed by atoms with Gasteiger partial charge in [0.1, 0.15) is 0 Å². The molecule has 0 amide bonds. The number of esters is 1. The van der Waals surface area contributed by atoms with Crippen LogP contribution in [0.25, 0.3) is 0 Å². The molecule has 16 heavy (non-hydrogen) atoms. The molecule has 88 valence electrons. The second-order valence-electron chi connectivity index (χ2n) is 3.94. The minimum Gasteiger partial charge on any atom is -0.466 e. The Morgan fingerprint density at radius 1 is 1.38 bits per heavy atom. The lowest BCUT2D eigenvalue weighted by Gasteiger charge is -2.10. The van der Waals surface area contributed by atoms with E-state index in [4.69, 9.17) is 16.3 Å². The van der Waals surface area contributed by atoms with E-state index in [1.165, 1.54) is 5.56 Å². The Kier molecular flexibility index (Phi) is 5.33. The SMILES string of the molecule is CCOC(=O)C[C@@H](C)Cc1ccc(Cl)cc1. The fourth-order valence-corrected chi connectivity index (χ4v) is 1.73. The Morgan fingerprint density at radius 3 is 2.56 bits per heavy atom. The molecule has 0 spiro atoms. The van der Waals surface area contributed by atoms with Crippen LogP contribution in [0.5, 0.6) is 0 Å². The first kappa shape index (κ1) is 13.0. The molecule has 0 aliphatic carbocycles. The van der Waals surface area contributed by atoms with Crippen molar-refractivity contribution in [3.63, 3.8) is 0 Å². The number of rotatable bonds is 5. The van der Waals surface area contributed by atoms with Gasteiger partial charge in [0.25, 0.3) is 0 Å². The third-order valence-corrected chi connectivity index (χ3v) is 2.57. The zero-order chi connectivity index (χ0) is 12.0. The van der Waals surface area contributed by atoms with Gasteiger partial charge in [0.05, 0.1) is 6.61 Å². The van der Waals surface area contributed by atoms with E-state index in [2.05, 4.69) is 0 Å². The zero-order valence-corrected chi connectivity index (χ0v) is 10.5. The smallest absolute Gasteiger partial charge is 0.306 e. The van der Waals surface area contributed by atoms with Crippen LogP contribution in [0.2, 0.25) is 5.02 Å². The highest BCUT2D eigenvalue weighted by Crippen LogP contribution is 2.15. The molecule has 1 atom stereocenters. The van der Waals surface area contributed by atoms with Gasteiger partial charge in [-0.3, -0.25) is 4.79 Å². The summed E-state index contributed by atoms with van der Waals surface area (Å²) in [6, 6.07) is 7.72. The summed E-state index contributed by atoms with van der Waals surface area (Å²) in [7, 11) is 0. The van der Waals surface area contributed by atoms with Crippen molar-refractivity contribution >= 4 is 17.6 Å². The molecule has 0 aliphatic rings. The Bertz CT molecular complexity index is 332. The van der Waals surface area contributed by atoms with Gasteiger partial charge in [0, 0.05) is 11.4 Å². The highest BCUT2D eigenvalue weighted by molar-refractivity contribution is 6.30. The quantitative estimate of drug-likeness (QED) is 0.737. The molecule has 0 bridgehead atoms. The van der Waals surface area contributed by atoms with Crippen molar-refractivity contribution in [3.8, 4) is 0 Å². The first-order chi connectivity index (χ1) is 7.61. The van der Waals surface area contributed by atoms with E-state index in [0.29, 0.717) is 18.9 Å². The van der Waals surface area contributed by atoms with Gasteiger partial charge in [-0.1, -0.05) is 30.7 Å². The molecule has 0 fully saturated rings. The number of carbonyl (C=O) groups excluding carboxylic acids is 1. The second kappa shape index (κ2) is 6.54. The number of hydrogen-bond acceptors (Lipinski definition) is 2. The molecule has 1 aromatic carbocycles. The minimum atomic E-state index is -0.121. The van der Waals surface area contributed by atoms with E-state index >= 15 is 0 Å². The summed E-state index contributed by atoms with van der Waals surface area (Å²) in [6.45, 7) is 4.32. The van der Waals surface area contributed by atoms with Crippen molar-refractivity contribution in [3.05, 3.63) is 34.9 Å². The fraction of sp³-hybridized carbons (Fsp3) is 0.462. The first-order valence-corrected chi connectivity index (χ1v) is 5.89. The lowest BCUT2D eigenvalue weighted by Crippen LogP contribution is -2.11. The van der Waals surface area contributed by atoms with Crippen molar-refractivity contribution in [1.82, 2.24) is 0 Å². The Balaban J connectivity index is 2.42. The molecule has 0 N–H and O–H groups in total. The summed E-state index contributed by atoms with van der Waals surface area (Å²) < 4.78 is 4.91. The highest BCUT2D eigenvalue weighted by Gasteiger charge is 2.10. The van der Waals surface area contributed by atoms with E-state index < -0.39 is 0 Å².